The molecule has 7 nitrogen and oxygen atoms in total. The van der Waals surface area contributed by atoms with E-state index in [0.717, 1.165) is 36.4 Å². The molecule has 5 rings (SSSR count). The van der Waals surface area contributed by atoms with E-state index in [1.54, 1.807) is 12.1 Å². The van der Waals surface area contributed by atoms with Gasteiger partial charge in [-0.2, -0.15) is 4.31 Å². The molecule has 2 aliphatic rings. The third kappa shape index (κ3) is 5.05. The van der Waals surface area contributed by atoms with Crippen molar-refractivity contribution in [2.75, 3.05) is 50.1 Å². The van der Waals surface area contributed by atoms with E-state index in [1.165, 1.54) is 15.1 Å². The Bertz CT molecular complexity index is 1230. The molecule has 34 heavy (non-hydrogen) atoms. The predicted octanol–water partition coefficient (Wildman–Crippen LogP) is 4.06. The van der Waals surface area contributed by atoms with Crippen molar-refractivity contribution in [2.45, 2.75) is 30.4 Å². The van der Waals surface area contributed by atoms with E-state index in [2.05, 4.69) is 41.0 Å². The van der Waals surface area contributed by atoms with Crippen molar-refractivity contribution in [1.29, 1.82) is 0 Å². The third-order valence-corrected chi connectivity index (χ3v) is 8.39. The number of nitrogens with one attached hydrogen (secondary N) is 2. The Balaban J connectivity index is 1.42. The Hall–Kier alpha value is -2.65. The van der Waals surface area contributed by atoms with E-state index in [4.69, 9.17) is 9.47 Å². The highest BCUT2D eigenvalue weighted by Gasteiger charge is 2.27. The molecule has 0 aliphatic carbocycles. The van der Waals surface area contributed by atoms with Gasteiger partial charge in [-0.1, -0.05) is 42.5 Å². The fourth-order valence-electron chi connectivity index (χ4n) is 4.59. The van der Waals surface area contributed by atoms with Crippen molar-refractivity contribution in [3.63, 3.8) is 0 Å². The first-order valence-corrected chi connectivity index (χ1v) is 13.3. The van der Waals surface area contributed by atoms with Gasteiger partial charge >= 0.3 is 0 Å². The second-order valence-corrected chi connectivity index (χ2v) is 10.7. The van der Waals surface area contributed by atoms with Gasteiger partial charge in [0.15, 0.2) is 0 Å². The first-order valence-electron chi connectivity index (χ1n) is 11.9. The summed E-state index contributed by atoms with van der Waals surface area (Å²) in [5.74, 6) is 0. The maximum absolute atomic E-state index is 13.3. The van der Waals surface area contributed by atoms with Gasteiger partial charge in [-0.25, -0.2) is 8.42 Å². The van der Waals surface area contributed by atoms with Crippen LogP contribution in [-0.2, 0) is 26.0 Å². The highest BCUT2D eigenvalue weighted by molar-refractivity contribution is 7.89. The topological polar surface area (TPSA) is 79.9 Å². The number of sulfonamides is 1. The normalized spacial score (nSPS) is 19.4. The molecule has 0 amide bonds. The van der Waals surface area contributed by atoms with Gasteiger partial charge in [0.2, 0.25) is 10.0 Å². The van der Waals surface area contributed by atoms with Gasteiger partial charge in [-0.05, 0) is 47.4 Å². The average molecular weight is 482 g/mol. The molecule has 0 radical (unpaired) electrons. The van der Waals surface area contributed by atoms with Crippen molar-refractivity contribution >= 4 is 32.2 Å². The molecule has 3 aromatic carbocycles. The molecule has 0 saturated carbocycles. The van der Waals surface area contributed by atoms with Gasteiger partial charge in [0, 0.05) is 32.8 Å². The van der Waals surface area contributed by atoms with E-state index < -0.39 is 10.0 Å². The van der Waals surface area contributed by atoms with Crippen LogP contribution in [0.1, 0.15) is 18.4 Å². The number of rotatable bonds is 8. The van der Waals surface area contributed by atoms with Gasteiger partial charge in [0.25, 0.3) is 0 Å². The number of anilines is 2. The van der Waals surface area contributed by atoms with E-state index >= 15 is 0 Å². The van der Waals surface area contributed by atoms with Crippen LogP contribution >= 0.6 is 0 Å². The summed E-state index contributed by atoms with van der Waals surface area (Å²) in [6.07, 6.45) is 2.30. The van der Waals surface area contributed by atoms with Crippen LogP contribution in [-0.4, -0.2) is 58.3 Å². The number of hydrogen-bond donors (Lipinski definition) is 2. The zero-order valence-electron chi connectivity index (χ0n) is 19.2. The highest BCUT2D eigenvalue weighted by atomic mass is 32.2. The standard InChI is InChI=1S/C26H31N3O4S/c30-34(31,29-12-15-32-16-13-29)23-10-11-25(28-19-22-8-4-14-33-22)26(17-23)27-18-21-7-3-6-20-5-1-2-9-24(20)21/h1-3,5-7,9-11,17,22,27-28H,4,8,12-16,18-19H2. The van der Waals surface area contributed by atoms with Gasteiger partial charge in [-0.3, -0.25) is 0 Å². The number of nitrogens with zero attached hydrogens (tertiary/aromatic N) is 1. The van der Waals surface area contributed by atoms with Crippen molar-refractivity contribution < 1.29 is 17.9 Å². The molecule has 2 saturated heterocycles. The average Bonchev–Trinajstić information content (AvgIpc) is 3.40. The minimum atomic E-state index is -3.59. The van der Waals surface area contributed by atoms with Crippen LogP contribution in [0.2, 0.25) is 0 Å². The van der Waals surface area contributed by atoms with Crippen LogP contribution in [0.5, 0.6) is 0 Å². The first kappa shape index (κ1) is 23.1. The molecule has 0 bridgehead atoms. The molecular formula is C26H31N3O4S. The lowest BCUT2D eigenvalue weighted by Crippen LogP contribution is -2.40. The Morgan fingerprint density at radius 1 is 0.912 bits per heavy atom. The second-order valence-electron chi connectivity index (χ2n) is 8.73. The summed E-state index contributed by atoms with van der Waals surface area (Å²) in [5.41, 5.74) is 2.79. The molecule has 180 valence electrons. The maximum atomic E-state index is 13.3. The molecule has 1 unspecified atom stereocenters. The minimum absolute atomic E-state index is 0.183. The minimum Gasteiger partial charge on any atom is -0.381 e. The first-order chi connectivity index (χ1) is 16.6. The lowest BCUT2D eigenvalue weighted by atomic mass is 10.0. The van der Waals surface area contributed by atoms with Crippen LogP contribution in [0.3, 0.4) is 0 Å². The quantitative estimate of drug-likeness (QED) is 0.505. The monoisotopic (exact) mass is 481 g/mol. The Kier molecular flexibility index (Phi) is 7.01. The molecule has 2 heterocycles. The summed E-state index contributed by atoms with van der Waals surface area (Å²) in [6.45, 7) is 3.67. The van der Waals surface area contributed by atoms with Crippen molar-refractivity contribution in [2.24, 2.45) is 0 Å². The summed E-state index contributed by atoms with van der Waals surface area (Å²) in [6, 6.07) is 19.8. The number of hydrogen-bond acceptors (Lipinski definition) is 6. The fraction of sp³-hybridized carbons (Fsp3) is 0.385. The van der Waals surface area contributed by atoms with E-state index in [9.17, 15) is 8.42 Å². The highest BCUT2D eigenvalue weighted by Crippen LogP contribution is 2.29. The van der Waals surface area contributed by atoms with Crippen LogP contribution in [0.4, 0.5) is 11.4 Å². The van der Waals surface area contributed by atoms with Crippen LogP contribution in [0, 0.1) is 0 Å². The van der Waals surface area contributed by atoms with E-state index in [1.807, 2.05) is 18.2 Å². The van der Waals surface area contributed by atoms with Crippen molar-refractivity contribution in [3.8, 4) is 0 Å². The number of fused-ring (bicyclic) bond motifs is 1. The van der Waals surface area contributed by atoms with Crippen LogP contribution in [0.15, 0.2) is 65.6 Å². The van der Waals surface area contributed by atoms with Crippen LogP contribution < -0.4 is 10.6 Å². The zero-order chi connectivity index (χ0) is 23.4. The van der Waals surface area contributed by atoms with E-state index in [-0.39, 0.29) is 11.0 Å². The molecule has 3 aromatic rings. The Morgan fingerprint density at radius 3 is 2.56 bits per heavy atom. The SMILES string of the molecule is O=S(=O)(c1ccc(NCC2CCCO2)c(NCc2cccc3ccccc23)c1)N1CCOCC1. The molecule has 0 aromatic heterocycles. The van der Waals surface area contributed by atoms with Crippen molar-refractivity contribution in [3.05, 3.63) is 66.2 Å². The number of morpholine rings is 1. The molecule has 2 fully saturated rings. The van der Waals surface area contributed by atoms with Crippen molar-refractivity contribution in [1.82, 2.24) is 4.31 Å². The molecule has 2 aliphatic heterocycles. The second kappa shape index (κ2) is 10.3. The summed E-state index contributed by atoms with van der Waals surface area (Å²) < 4.78 is 39.1. The van der Waals surface area contributed by atoms with Gasteiger partial charge in [0.1, 0.15) is 0 Å². The molecule has 8 heteroatoms. The summed E-state index contributed by atoms with van der Waals surface area (Å²) in [7, 11) is -3.59. The largest absolute Gasteiger partial charge is 0.381 e. The molecule has 0 spiro atoms. The number of benzene rings is 3. The smallest absolute Gasteiger partial charge is 0.243 e. The fourth-order valence-corrected chi connectivity index (χ4v) is 6.02. The molecule has 1 atom stereocenters. The van der Waals surface area contributed by atoms with Gasteiger partial charge in [0.05, 0.1) is 35.6 Å². The molecular weight excluding hydrogens is 450 g/mol. The van der Waals surface area contributed by atoms with Gasteiger partial charge in [-0.15, -0.1) is 0 Å². The zero-order valence-corrected chi connectivity index (χ0v) is 20.0. The summed E-state index contributed by atoms with van der Waals surface area (Å²) >= 11 is 0. The lowest BCUT2D eigenvalue weighted by Gasteiger charge is -2.26. The predicted molar refractivity (Wildman–Crippen MR) is 135 cm³/mol. The van der Waals surface area contributed by atoms with Crippen LogP contribution in [0.25, 0.3) is 10.8 Å². The van der Waals surface area contributed by atoms with E-state index in [0.29, 0.717) is 39.4 Å². The van der Waals surface area contributed by atoms with Gasteiger partial charge < -0.3 is 20.1 Å². The Labute approximate surface area is 201 Å². The lowest BCUT2D eigenvalue weighted by molar-refractivity contribution is 0.0730. The molecule has 2 N–H and O–H groups in total. The summed E-state index contributed by atoms with van der Waals surface area (Å²) in [5, 5.41) is 9.34. The number of ether oxygens (including phenoxy) is 2. The Morgan fingerprint density at radius 2 is 1.74 bits per heavy atom. The maximum Gasteiger partial charge on any atom is 0.243 e. The third-order valence-electron chi connectivity index (χ3n) is 6.49. The summed E-state index contributed by atoms with van der Waals surface area (Å²) in [4.78, 5) is 0.289.